The number of phenols is 1. The lowest BCUT2D eigenvalue weighted by Gasteiger charge is -2.30. The molecule has 0 radical (unpaired) electrons. The van der Waals surface area contributed by atoms with Crippen LogP contribution in [0.25, 0.3) is 0 Å². The SMILES string of the molecule is Cc1ccc(NC(=O)CN2CCC(C(=O)Nc3cc(Cl)ccc3O)CC2)c(Cl)c1. The maximum Gasteiger partial charge on any atom is 0.238 e. The number of likely N-dealkylation sites (tertiary alicyclic amines) is 1. The lowest BCUT2D eigenvalue weighted by Crippen LogP contribution is -2.41. The molecule has 1 heterocycles. The number of halogens is 2. The molecule has 154 valence electrons. The van der Waals surface area contributed by atoms with E-state index >= 15 is 0 Å². The molecule has 1 saturated heterocycles. The number of hydrogen-bond donors (Lipinski definition) is 3. The van der Waals surface area contributed by atoms with Gasteiger partial charge in [0.1, 0.15) is 5.75 Å². The fraction of sp³-hybridized carbons (Fsp3) is 0.333. The Labute approximate surface area is 179 Å². The van der Waals surface area contributed by atoms with Crippen LogP contribution < -0.4 is 10.6 Å². The number of nitrogens with zero attached hydrogens (tertiary/aromatic N) is 1. The first-order chi connectivity index (χ1) is 13.8. The molecule has 2 aromatic rings. The van der Waals surface area contributed by atoms with Gasteiger partial charge in [-0.2, -0.15) is 0 Å². The van der Waals surface area contributed by atoms with Crippen LogP contribution in [-0.2, 0) is 9.59 Å². The van der Waals surface area contributed by atoms with Gasteiger partial charge < -0.3 is 15.7 Å². The number of aromatic hydroxyl groups is 1. The Morgan fingerprint density at radius 2 is 1.79 bits per heavy atom. The van der Waals surface area contributed by atoms with Crippen LogP contribution in [0.1, 0.15) is 18.4 Å². The predicted octanol–water partition coefficient (Wildman–Crippen LogP) is 4.30. The zero-order valence-electron chi connectivity index (χ0n) is 16.0. The van der Waals surface area contributed by atoms with Gasteiger partial charge in [0, 0.05) is 10.9 Å². The summed E-state index contributed by atoms with van der Waals surface area (Å²) in [6.07, 6.45) is 1.26. The van der Waals surface area contributed by atoms with Gasteiger partial charge in [0.2, 0.25) is 11.8 Å². The van der Waals surface area contributed by atoms with E-state index in [1.165, 1.54) is 12.1 Å². The second-order valence-electron chi connectivity index (χ2n) is 7.23. The lowest BCUT2D eigenvalue weighted by atomic mass is 9.95. The van der Waals surface area contributed by atoms with Crippen molar-refractivity contribution in [1.82, 2.24) is 4.90 Å². The Balaban J connectivity index is 1.48. The van der Waals surface area contributed by atoms with Gasteiger partial charge in [-0.3, -0.25) is 14.5 Å². The van der Waals surface area contributed by atoms with Crippen molar-refractivity contribution in [3.05, 3.63) is 52.0 Å². The monoisotopic (exact) mass is 435 g/mol. The summed E-state index contributed by atoms with van der Waals surface area (Å²) in [5.41, 5.74) is 1.93. The molecule has 0 unspecified atom stereocenters. The molecule has 1 aliphatic rings. The fourth-order valence-corrected chi connectivity index (χ4v) is 3.77. The Hall–Kier alpha value is -2.28. The Morgan fingerprint density at radius 1 is 1.07 bits per heavy atom. The maximum absolute atomic E-state index is 12.5. The van der Waals surface area contributed by atoms with Gasteiger partial charge >= 0.3 is 0 Å². The van der Waals surface area contributed by atoms with Crippen LogP contribution in [0.2, 0.25) is 10.0 Å². The van der Waals surface area contributed by atoms with Gasteiger partial charge in [0.15, 0.2) is 0 Å². The van der Waals surface area contributed by atoms with E-state index < -0.39 is 0 Å². The van der Waals surface area contributed by atoms with E-state index in [0.29, 0.717) is 47.4 Å². The summed E-state index contributed by atoms with van der Waals surface area (Å²) in [6.45, 7) is 3.45. The van der Waals surface area contributed by atoms with E-state index in [1.54, 1.807) is 18.2 Å². The van der Waals surface area contributed by atoms with Crippen molar-refractivity contribution in [2.75, 3.05) is 30.3 Å². The quantitative estimate of drug-likeness (QED) is 0.611. The topological polar surface area (TPSA) is 81.7 Å². The summed E-state index contributed by atoms with van der Waals surface area (Å²) in [6, 6.07) is 10.0. The summed E-state index contributed by atoms with van der Waals surface area (Å²) in [4.78, 5) is 26.8. The molecule has 2 amide bonds. The maximum atomic E-state index is 12.5. The van der Waals surface area contributed by atoms with Gasteiger partial charge in [-0.15, -0.1) is 0 Å². The smallest absolute Gasteiger partial charge is 0.238 e. The summed E-state index contributed by atoms with van der Waals surface area (Å²) >= 11 is 12.1. The van der Waals surface area contributed by atoms with Crippen LogP contribution in [0.15, 0.2) is 36.4 Å². The number of hydrogen-bond acceptors (Lipinski definition) is 4. The van der Waals surface area contributed by atoms with Gasteiger partial charge in [0.25, 0.3) is 0 Å². The van der Waals surface area contributed by atoms with Crippen molar-refractivity contribution in [2.45, 2.75) is 19.8 Å². The highest BCUT2D eigenvalue weighted by molar-refractivity contribution is 6.33. The minimum Gasteiger partial charge on any atom is -0.506 e. The van der Waals surface area contributed by atoms with Gasteiger partial charge in [-0.05, 0) is 68.8 Å². The van der Waals surface area contributed by atoms with E-state index in [4.69, 9.17) is 23.2 Å². The number of aryl methyl sites for hydroxylation is 1. The third-order valence-corrected chi connectivity index (χ3v) is 5.49. The summed E-state index contributed by atoms with van der Waals surface area (Å²) < 4.78 is 0. The van der Waals surface area contributed by atoms with Crippen LogP contribution in [-0.4, -0.2) is 41.5 Å². The molecular formula is C21H23Cl2N3O3. The van der Waals surface area contributed by atoms with Gasteiger partial charge in [-0.1, -0.05) is 29.3 Å². The van der Waals surface area contributed by atoms with Crippen molar-refractivity contribution in [1.29, 1.82) is 0 Å². The highest BCUT2D eigenvalue weighted by Gasteiger charge is 2.26. The molecule has 0 spiro atoms. The third-order valence-electron chi connectivity index (χ3n) is 4.94. The second kappa shape index (κ2) is 9.48. The number of piperidine rings is 1. The van der Waals surface area contributed by atoms with E-state index in [0.717, 1.165) is 5.56 Å². The van der Waals surface area contributed by atoms with Gasteiger partial charge in [-0.25, -0.2) is 0 Å². The van der Waals surface area contributed by atoms with Crippen molar-refractivity contribution in [2.24, 2.45) is 5.92 Å². The first kappa shape index (κ1) is 21.4. The molecule has 0 aromatic heterocycles. The molecule has 0 aliphatic carbocycles. The summed E-state index contributed by atoms with van der Waals surface area (Å²) in [5, 5.41) is 16.4. The molecular weight excluding hydrogens is 413 g/mol. The number of nitrogens with one attached hydrogen (secondary N) is 2. The number of carbonyl (C=O) groups excluding carboxylic acids is 2. The van der Waals surface area contributed by atoms with E-state index in [-0.39, 0.29) is 30.0 Å². The molecule has 1 fully saturated rings. The average molecular weight is 436 g/mol. The van der Waals surface area contributed by atoms with Crippen LogP contribution in [0, 0.1) is 12.8 Å². The van der Waals surface area contributed by atoms with Crippen molar-refractivity contribution in [3.63, 3.8) is 0 Å². The molecule has 29 heavy (non-hydrogen) atoms. The lowest BCUT2D eigenvalue weighted by molar-refractivity contribution is -0.121. The van der Waals surface area contributed by atoms with Crippen molar-refractivity contribution >= 4 is 46.4 Å². The molecule has 6 nitrogen and oxygen atoms in total. The van der Waals surface area contributed by atoms with Crippen LogP contribution in [0.5, 0.6) is 5.75 Å². The first-order valence-electron chi connectivity index (χ1n) is 9.39. The molecule has 0 atom stereocenters. The van der Waals surface area contributed by atoms with Crippen molar-refractivity contribution in [3.8, 4) is 5.75 Å². The number of phenolic OH excluding ortho intramolecular Hbond substituents is 1. The number of benzene rings is 2. The van der Waals surface area contributed by atoms with Crippen molar-refractivity contribution < 1.29 is 14.7 Å². The van der Waals surface area contributed by atoms with E-state index in [9.17, 15) is 14.7 Å². The molecule has 3 rings (SSSR count). The Kier molecular flexibility index (Phi) is 7.00. The zero-order valence-corrected chi connectivity index (χ0v) is 17.6. The summed E-state index contributed by atoms with van der Waals surface area (Å²) in [5.74, 6) is -0.494. The standard InChI is InChI=1S/C21H23Cl2N3O3/c1-13-2-4-17(16(23)10-13)24-20(28)12-26-8-6-14(7-9-26)21(29)25-18-11-15(22)3-5-19(18)27/h2-5,10-11,14,27H,6-9,12H2,1H3,(H,24,28)(H,25,29). The highest BCUT2D eigenvalue weighted by Crippen LogP contribution is 2.28. The van der Waals surface area contributed by atoms with Crippen LogP contribution >= 0.6 is 23.2 Å². The van der Waals surface area contributed by atoms with E-state index in [1.807, 2.05) is 17.9 Å². The molecule has 2 aromatic carbocycles. The Bertz CT molecular complexity index is 912. The first-order valence-corrected chi connectivity index (χ1v) is 10.1. The van der Waals surface area contributed by atoms with E-state index in [2.05, 4.69) is 10.6 Å². The predicted molar refractivity (Wildman–Crippen MR) is 116 cm³/mol. The van der Waals surface area contributed by atoms with Crippen LogP contribution in [0.4, 0.5) is 11.4 Å². The molecule has 3 N–H and O–H groups in total. The van der Waals surface area contributed by atoms with Crippen LogP contribution in [0.3, 0.4) is 0 Å². The molecule has 8 heteroatoms. The Morgan fingerprint density at radius 3 is 2.48 bits per heavy atom. The minimum atomic E-state index is -0.181. The second-order valence-corrected chi connectivity index (χ2v) is 8.08. The normalized spacial score (nSPS) is 15.1. The molecule has 0 saturated carbocycles. The third kappa shape index (κ3) is 5.85. The number of amides is 2. The molecule has 1 aliphatic heterocycles. The number of rotatable bonds is 5. The molecule has 0 bridgehead atoms. The largest absolute Gasteiger partial charge is 0.506 e. The summed E-state index contributed by atoms with van der Waals surface area (Å²) in [7, 11) is 0. The fourth-order valence-electron chi connectivity index (χ4n) is 3.31. The zero-order chi connectivity index (χ0) is 21.0. The van der Waals surface area contributed by atoms with Gasteiger partial charge in [0.05, 0.1) is 22.9 Å². The number of anilines is 2. The average Bonchev–Trinajstić information content (AvgIpc) is 2.67. The number of carbonyl (C=O) groups is 2. The highest BCUT2D eigenvalue weighted by atomic mass is 35.5. The minimum absolute atomic E-state index is 0.0216.